The van der Waals surface area contributed by atoms with Crippen molar-refractivity contribution in [1.82, 2.24) is 4.98 Å². The molecule has 0 radical (unpaired) electrons. The Morgan fingerprint density at radius 3 is 2.46 bits per heavy atom. The minimum absolute atomic E-state index is 0.121. The van der Waals surface area contributed by atoms with E-state index in [0.29, 0.717) is 6.29 Å². The minimum Gasteiger partial charge on any atom is -0.298 e. The Kier molecular flexibility index (Phi) is 3.49. The lowest BCUT2D eigenvalue weighted by Gasteiger charge is -2.06. The van der Waals surface area contributed by atoms with Crippen LogP contribution in [0.1, 0.15) is 22.3 Å². The van der Waals surface area contributed by atoms with Crippen LogP contribution in [0.15, 0.2) is 15.3 Å². The maximum absolute atomic E-state index is 12.4. The van der Waals surface area contributed by atoms with Crippen LogP contribution < -0.4 is 0 Å². The topological polar surface area (TPSA) is 30.0 Å². The Bertz CT molecular complexity index is 344. The lowest BCUT2D eigenvalue weighted by molar-refractivity contribution is 0.110. The number of aldehydes is 1. The van der Waals surface area contributed by atoms with Gasteiger partial charge in [-0.25, -0.2) is 13.8 Å². The summed E-state index contributed by atoms with van der Waals surface area (Å²) in [5.41, 5.74) is -0.457. The van der Waals surface area contributed by atoms with Crippen molar-refractivity contribution in [1.29, 1.82) is 0 Å². The Balaban J connectivity index is 3.43. The zero-order chi connectivity index (χ0) is 10.0. The standard InChI is InChI=1S/C7H3Br2F2NO/c8-4-1-12-6(9)3(2-13)5(4)7(10)11/h1-2,7H. The third-order valence-corrected chi connectivity index (χ3v) is 2.66. The van der Waals surface area contributed by atoms with Crippen molar-refractivity contribution >= 4 is 38.1 Å². The predicted molar refractivity (Wildman–Crippen MR) is 50.0 cm³/mol. The third-order valence-electron chi connectivity index (χ3n) is 1.40. The SMILES string of the molecule is O=Cc1c(Br)ncc(Br)c1C(F)F. The number of carbonyl (C=O) groups excluding carboxylic acids is 1. The first kappa shape index (κ1) is 10.7. The van der Waals surface area contributed by atoms with Gasteiger partial charge in [0.1, 0.15) is 4.60 Å². The molecule has 0 saturated carbocycles. The fourth-order valence-electron chi connectivity index (χ4n) is 0.826. The molecule has 0 N–H and O–H groups in total. The number of rotatable bonds is 2. The van der Waals surface area contributed by atoms with Crippen LogP contribution in [0, 0.1) is 0 Å². The highest BCUT2D eigenvalue weighted by Gasteiger charge is 2.19. The van der Waals surface area contributed by atoms with E-state index in [4.69, 9.17) is 0 Å². The maximum Gasteiger partial charge on any atom is 0.265 e. The number of halogens is 4. The van der Waals surface area contributed by atoms with E-state index in [9.17, 15) is 13.6 Å². The number of hydrogen-bond acceptors (Lipinski definition) is 2. The van der Waals surface area contributed by atoms with E-state index in [-0.39, 0.29) is 20.2 Å². The predicted octanol–water partition coefficient (Wildman–Crippen LogP) is 3.36. The molecular formula is C7H3Br2F2NO. The molecule has 1 aromatic rings. The molecule has 1 heterocycles. The molecule has 2 nitrogen and oxygen atoms in total. The number of aromatic nitrogens is 1. The molecule has 0 unspecified atom stereocenters. The molecule has 70 valence electrons. The van der Waals surface area contributed by atoms with Crippen LogP contribution in [0.3, 0.4) is 0 Å². The van der Waals surface area contributed by atoms with Crippen molar-refractivity contribution in [3.63, 3.8) is 0 Å². The zero-order valence-corrected chi connectivity index (χ0v) is 9.27. The van der Waals surface area contributed by atoms with Gasteiger partial charge in [0, 0.05) is 16.2 Å². The smallest absolute Gasteiger partial charge is 0.265 e. The zero-order valence-electron chi connectivity index (χ0n) is 6.10. The number of alkyl halides is 2. The van der Waals surface area contributed by atoms with Crippen molar-refractivity contribution in [2.75, 3.05) is 0 Å². The summed E-state index contributed by atoms with van der Waals surface area (Å²) in [5.74, 6) is 0. The van der Waals surface area contributed by atoms with E-state index < -0.39 is 6.43 Å². The molecule has 0 saturated heterocycles. The molecule has 1 rings (SSSR count). The van der Waals surface area contributed by atoms with Gasteiger partial charge >= 0.3 is 0 Å². The molecule has 0 aliphatic heterocycles. The van der Waals surface area contributed by atoms with Crippen LogP contribution in [-0.4, -0.2) is 11.3 Å². The summed E-state index contributed by atoms with van der Waals surface area (Å²) in [4.78, 5) is 14.2. The maximum atomic E-state index is 12.4. The van der Waals surface area contributed by atoms with Crippen molar-refractivity contribution in [2.24, 2.45) is 0 Å². The van der Waals surface area contributed by atoms with E-state index in [1.165, 1.54) is 6.20 Å². The lowest BCUT2D eigenvalue weighted by Crippen LogP contribution is -1.98. The Morgan fingerprint density at radius 2 is 2.08 bits per heavy atom. The summed E-state index contributed by atoms with van der Waals surface area (Å²) in [6.07, 6.45) is -1.13. The van der Waals surface area contributed by atoms with Crippen molar-refractivity contribution in [2.45, 2.75) is 6.43 Å². The molecular weight excluding hydrogens is 312 g/mol. The highest BCUT2D eigenvalue weighted by molar-refractivity contribution is 9.11. The van der Waals surface area contributed by atoms with Crippen molar-refractivity contribution in [3.05, 3.63) is 26.4 Å². The summed E-state index contributed by atoms with van der Waals surface area (Å²) >= 11 is 5.81. The molecule has 0 fully saturated rings. The summed E-state index contributed by atoms with van der Waals surface area (Å²) < 4.78 is 25.1. The highest BCUT2D eigenvalue weighted by Crippen LogP contribution is 2.32. The monoisotopic (exact) mass is 313 g/mol. The average Bonchev–Trinajstić information content (AvgIpc) is 2.07. The van der Waals surface area contributed by atoms with Gasteiger partial charge in [0.15, 0.2) is 6.29 Å². The number of hydrogen-bond donors (Lipinski definition) is 0. The quantitative estimate of drug-likeness (QED) is 0.619. The first-order valence-corrected chi connectivity index (χ1v) is 4.73. The van der Waals surface area contributed by atoms with Crippen LogP contribution in [-0.2, 0) is 0 Å². The van der Waals surface area contributed by atoms with E-state index in [2.05, 4.69) is 36.8 Å². The number of nitrogens with zero attached hydrogens (tertiary/aromatic N) is 1. The van der Waals surface area contributed by atoms with Gasteiger partial charge in [-0.15, -0.1) is 0 Å². The van der Waals surface area contributed by atoms with Gasteiger partial charge < -0.3 is 0 Å². The normalized spacial score (nSPS) is 10.5. The van der Waals surface area contributed by atoms with Crippen LogP contribution >= 0.6 is 31.9 Å². The first-order chi connectivity index (χ1) is 6.07. The first-order valence-electron chi connectivity index (χ1n) is 3.15. The molecule has 0 aromatic carbocycles. The van der Waals surface area contributed by atoms with E-state index >= 15 is 0 Å². The Morgan fingerprint density at radius 1 is 1.46 bits per heavy atom. The Hall–Kier alpha value is -0.360. The summed E-state index contributed by atoms with van der Waals surface area (Å²) in [7, 11) is 0. The summed E-state index contributed by atoms with van der Waals surface area (Å²) in [5, 5.41) is 0. The second-order valence-corrected chi connectivity index (χ2v) is 3.75. The fraction of sp³-hybridized carbons (Fsp3) is 0.143. The molecule has 0 amide bonds. The van der Waals surface area contributed by atoms with Crippen LogP contribution in [0.25, 0.3) is 0 Å². The van der Waals surface area contributed by atoms with Gasteiger partial charge in [-0.2, -0.15) is 0 Å². The third kappa shape index (κ3) is 2.11. The molecule has 0 aliphatic rings. The van der Waals surface area contributed by atoms with E-state index in [0.717, 1.165) is 0 Å². The van der Waals surface area contributed by atoms with E-state index in [1.54, 1.807) is 0 Å². The minimum atomic E-state index is -2.70. The largest absolute Gasteiger partial charge is 0.298 e. The molecule has 6 heteroatoms. The number of carbonyl (C=O) groups is 1. The number of pyridine rings is 1. The second kappa shape index (κ2) is 4.23. The second-order valence-electron chi connectivity index (χ2n) is 2.14. The Labute approximate surface area is 89.6 Å². The van der Waals surface area contributed by atoms with Gasteiger partial charge in [-0.3, -0.25) is 4.79 Å². The van der Waals surface area contributed by atoms with Crippen LogP contribution in [0.2, 0.25) is 0 Å². The average molecular weight is 315 g/mol. The van der Waals surface area contributed by atoms with Crippen LogP contribution in [0.5, 0.6) is 0 Å². The molecule has 0 aliphatic carbocycles. The van der Waals surface area contributed by atoms with Gasteiger partial charge in [0.2, 0.25) is 0 Å². The summed E-state index contributed by atoms with van der Waals surface area (Å²) in [6.45, 7) is 0. The molecule has 1 aromatic heterocycles. The molecule has 0 spiro atoms. The van der Waals surface area contributed by atoms with Gasteiger partial charge in [0.25, 0.3) is 6.43 Å². The van der Waals surface area contributed by atoms with Gasteiger partial charge in [-0.1, -0.05) is 0 Å². The van der Waals surface area contributed by atoms with Gasteiger partial charge in [-0.05, 0) is 31.9 Å². The lowest BCUT2D eigenvalue weighted by atomic mass is 10.2. The van der Waals surface area contributed by atoms with Crippen molar-refractivity contribution in [3.8, 4) is 0 Å². The van der Waals surface area contributed by atoms with E-state index in [1.807, 2.05) is 0 Å². The molecule has 0 bridgehead atoms. The fourth-order valence-corrected chi connectivity index (χ4v) is 1.72. The molecule has 13 heavy (non-hydrogen) atoms. The van der Waals surface area contributed by atoms with Gasteiger partial charge in [0.05, 0.1) is 5.56 Å². The summed E-state index contributed by atoms with van der Waals surface area (Å²) in [6, 6.07) is 0. The van der Waals surface area contributed by atoms with Crippen molar-refractivity contribution < 1.29 is 13.6 Å². The molecule has 0 atom stereocenters. The highest BCUT2D eigenvalue weighted by atomic mass is 79.9. The van der Waals surface area contributed by atoms with Crippen LogP contribution in [0.4, 0.5) is 8.78 Å².